The minimum Gasteiger partial charge on any atom is -0.382 e. The van der Waals surface area contributed by atoms with Crippen LogP contribution in [-0.2, 0) is 9.47 Å². The molecule has 0 radical (unpaired) electrons. The fourth-order valence-electron chi connectivity index (χ4n) is 1.94. The molecule has 1 aromatic rings. The molecule has 0 saturated heterocycles. The maximum atomic E-state index is 5.80. The molecule has 0 aromatic heterocycles. The molecule has 6 heteroatoms. The molecule has 1 rings (SSSR count). The van der Waals surface area contributed by atoms with Crippen LogP contribution in [0.2, 0.25) is 0 Å². The highest BCUT2D eigenvalue weighted by Gasteiger charge is 2.03. The Kier molecular flexibility index (Phi) is 14.2. The number of halogens is 1. The van der Waals surface area contributed by atoms with Gasteiger partial charge in [-0.3, -0.25) is 4.99 Å². The van der Waals surface area contributed by atoms with E-state index in [1.165, 1.54) is 5.56 Å². The first-order chi connectivity index (χ1) is 10.7. The van der Waals surface area contributed by atoms with Gasteiger partial charge in [-0.25, -0.2) is 0 Å². The van der Waals surface area contributed by atoms with Crippen molar-refractivity contribution in [3.63, 3.8) is 0 Å². The highest BCUT2D eigenvalue weighted by molar-refractivity contribution is 14.0. The van der Waals surface area contributed by atoms with E-state index >= 15 is 0 Å². The van der Waals surface area contributed by atoms with Crippen LogP contribution >= 0.6 is 24.0 Å². The predicted molar refractivity (Wildman–Crippen MR) is 106 cm³/mol. The second kappa shape index (κ2) is 14.7. The first-order valence-corrected chi connectivity index (χ1v) is 8.02. The van der Waals surface area contributed by atoms with Gasteiger partial charge >= 0.3 is 0 Å². The molecule has 0 heterocycles. The third-order valence-electron chi connectivity index (χ3n) is 3.20. The Morgan fingerprint density at radius 2 is 1.96 bits per heavy atom. The van der Waals surface area contributed by atoms with Gasteiger partial charge in [-0.15, -0.1) is 24.0 Å². The normalized spacial score (nSPS) is 12.5. The highest BCUT2D eigenvalue weighted by Crippen LogP contribution is 2.15. The quantitative estimate of drug-likeness (QED) is 0.243. The SMILES string of the molecule is CCOCCCN=C(N)NCCCOC(C)c1ccccc1.I. The average Bonchev–Trinajstić information content (AvgIpc) is 2.55. The molecule has 0 bridgehead atoms. The summed E-state index contributed by atoms with van der Waals surface area (Å²) < 4.78 is 11.0. The summed E-state index contributed by atoms with van der Waals surface area (Å²) in [5, 5.41) is 3.09. The second-order valence-corrected chi connectivity index (χ2v) is 5.02. The van der Waals surface area contributed by atoms with Crippen molar-refractivity contribution in [1.29, 1.82) is 0 Å². The summed E-state index contributed by atoms with van der Waals surface area (Å²) >= 11 is 0. The van der Waals surface area contributed by atoms with Crippen molar-refractivity contribution in [2.45, 2.75) is 32.8 Å². The number of ether oxygens (including phenoxy) is 2. The third kappa shape index (κ3) is 11.3. The molecule has 0 amide bonds. The molecule has 23 heavy (non-hydrogen) atoms. The van der Waals surface area contributed by atoms with Crippen molar-refractivity contribution in [2.24, 2.45) is 10.7 Å². The Bertz CT molecular complexity index is 416. The summed E-state index contributed by atoms with van der Waals surface area (Å²) in [4.78, 5) is 4.24. The monoisotopic (exact) mass is 435 g/mol. The summed E-state index contributed by atoms with van der Waals surface area (Å²) in [6.45, 7) is 7.69. The van der Waals surface area contributed by atoms with Gasteiger partial charge in [0.2, 0.25) is 0 Å². The van der Waals surface area contributed by atoms with Gasteiger partial charge in [0, 0.05) is 32.9 Å². The zero-order valence-corrected chi connectivity index (χ0v) is 16.5. The van der Waals surface area contributed by atoms with E-state index in [4.69, 9.17) is 15.2 Å². The molecule has 0 aliphatic rings. The average molecular weight is 435 g/mol. The van der Waals surface area contributed by atoms with E-state index in [1.54, 1.807) is 0 Å². The number of aliphatic imine (C=N–C) groups is 1. The molecule has 0 spiro atoms. The smallest absolute Gasteiger partial charge is 0.188 e. The molecule has 1 aromatic carbocycles. The van der Waals surface area contributed by atoms with Crippen LogP contribution in [0.15, 0.2) is 35.3 Å². The Morgan fingerprint density at radius 3 is 2.65 bits per heavy atom. The van der Waals surface area contributed by atoms with Gasteiger partial charge in [-0.2, -0.15) is 0 Å². The largest absolute Gasteiger partial charge is 0.382 e. The number of benzene rings is 1. The molecule has 0 aliphatic heterocycles. The molecule has 0 fully saturated rings. The van der Waals surface area contributed by atoms with Crippen LogP contribution in [0, 0.1) is 0 Å². The van der Waals surface area contributed by atoms with E-state index in [9.17, 15) is 0 Å². The number of hydrogen-bond acceptors (Lipinski definition) is 3. The number of rotatable bonds is 11. The van der Waals surface area contributed by atoms with Crippen LogP contribution in [-0.4, -0.2) is 38.9 Å². The van der Waals surface area contributed by atoms with E-state index < -0.39 is 0 Å². The lowest BCUT2D eigenvalue weighted by atomic mass is 10.1. The van der Waals surface area contributed by atoms with Crippen LogP contribution in [0.25, 0.3) is 0 Å². The topological polar surface area (TPSA) is 68.9 Å². The number of nitrogens with zero attached hydrogens (tertiary/aromatic N) is 1. The summed E-state index contributed by atoms with van der Waals surface area (Å²) in [6, 6.07) is 10.2. The zero-order chi connectivity index (χ0) is 16.0. The standard InChI is InChI=1S/C17H29N3O2.HI/c1-3-21-13-7-11-19-17(18)20-12-8-14-22-15(2)16-9-5-4-6-10-16;/h4-6,9-10,15H,3,7-8,11-14H2,1-2H3,(H3,18,19,20);1H. The summed E-state index contributed by atoms with van der Waals surface area (Å²) in [5.41, 5.74) is 6.98. The first kappa shape index (κ1) is 22.1. The van der Waals surface area contributed by atoms with Crippen molar-refractivity contribution in [3.8, 4) is 0 Å². The van der Waals surface area contributed by atoms with Crippen molar-refractivity contribution < 1.29 is 9.47 Å². The number of guanidine groups is 1. The summed E-state index contributed by atoms with van der Waals surface area (Å²) in [5.74, 6) is 0.493. The van der Waals surface area contributed by atoms with Crippen molar-refractivity contribution in [3.05, 3.63) is 35.9 Å². The lowest BCUT2D eigenvalue weighted by Crippen LogP contribution is -2.33. The zero-order valence-electron chi connectivity index (χ0n) is 14.2. The van der Waals surface area contributed by atoms with E-state index in [-0.39, 0.29) is 30.1 Å². The minimum absolute atomic E-state index is 0. The van der Waals surface area contributed by atoms with Crippen LogP contribution < -0.4 is 11.1 Å². The summed E-state index contributed by atoms with van der Waals surface area (Å²) in [7, 11) is 0. The van der Waals surface area contributed by atoms with Gasteiger partial charge in [0.05, 0.1) is 6.10 Å². The Hall–Kier alpha value is -0.860. The van der Waals surface area contributed by atoms with Gasteiger partial charge in [0.15, 0.2) is 5.96 Å². The predicted octanol–water partition coefficient (Wildman–Crippen LogP) is 3.10. The molecule has 3 N–H and O–H groups in total. The second-order valence-electron chi connectivity index (χ2n) is 5.02. The molecular formula is C17H30IN3O2. The fraction of sp³-hybridized carbons (Fsp3) is 0.588. The van der Waals surface area contributed by atoms with Crippen LogP contribution in [0.3, 0.4) is 0 Å². The van der Waals surface area contributed by atoms with E-state index in [0.717, 1.165) is 32.6 Å². The van der Waals surface area contributed by atoms with E-state index in [2.05, 4.69) is 29.4 Å². The molecular weight excluding hydrogens is 405 g/mol. The molecule has 132 valence electrons. The molecule has 0 saturated carbocycles. The van der Waals surface area contributed by atoms with E-state index in [1.807, 2.05) is 25.1 Å². The number of hydrogen-bond donors (Lipinski definition) is 2. The van der Waals surface area contributed by atoms with Crippen molar-refractivity contribution in [1.82, 2.24) is 5.32 Å². The Morgan fingerprint density at radius 1 is 1.22 bits per heavy atom. The van der Waals surface area contributed by atoms with Crippen LogP contribution in [0.1, 0.15) is 38.4 Å². The minimum atomic E-state index is 0. The Labute approximate surface area is 157 Å². The van der Waals surface area contributed by atoms with Gasteiger partial charge in [-0.05, 0) is 32.3 Å². The third-order valence-corrected chi connectivity index (χ3v) is 3.20. The maximum absolute atomic E-state index is 5.80. The molecule has 0 aliphatic carbocycles. The van der Waals surface area contributed by atoms with Crippen molar-refractivity contribution in [2.75, 3.05) is 32.9 Å². The number of nitrogens with one attached hydrogen (secondary N) is 1. The molecule has 5 nitrogen and oxygen atoms in total. The maximum Gasteiger partial charge on any atom is 0.188 e. The van der Waals surface area contributed by atoms with Crippen LogP contribution in [0.4, 0.5) is 0 Å². The lowest BCUT2D eigenvalue weighted by Gasteiger charge is -2.13. The van der Waals surface area contributed by atoms with Crippen molar-refractivity contribution >= 4 is 29.9 Å². The Balaban J connectivity index is 0.00000484. The summed E-state index contributed by atoms with van der Waals surface area (Å²) in [6.07, 6.45) is 1.91. The highest BCUT2D eigenvalue weighted by atomic mass is 127. The van der Waals surface area contributed by atoms with Gasteiger partial charge in [-0.1, -0.05) is 30.3 Å². The van der Waals surface area contributed by atoms with Gasteiger partial charge in [0.1, 0.15) is 0 Å². The fourth-order valence-corrected chi connectivity index (χ4v) is 1.94. The number of nitrogens with two attached hydrogens (primary N) is 1. The molecule has 1 unspecified atom stereocenters. The van der Waals surface area contributed by atoms with E-state index in [0.29, 0.717) is 19.1 Å². The van der Waals surface area contributed by atoms with Gasteiger partial charge in [0.25, 0.3) is 0 Å². The lowest BCUT2D eigenvalue weighted by molar-refractivity contribution is 0.0646. The first-order valence-electron chi connectivity index (χ1n) is 8.02. The van der Waals surface area contributed by atoms with Gasteiger partial charge < -0.3 is 20.5 Å². The molecule has 1 atom stereocenters. The van der Waals surface area contributed by atoms with Crippen LogP contribution in [0.5, 0.6) is 0 Å².